The number of benzene rings is 1. The molecule has 38 heavy (non-hydrogen) atoms. The molecular formula is C31H33NO6. The summed E-state index contributed by atoms with van der Waals surface area (Å²) >= 11 is 0. The summed E-state index contributed by atoms with van der Waals surface area (Å²) in [6, 6.07) is 8.62. The summed E-state index contributed by atoms with van der Waals surface area (Å²) in [6.45, 7) is 10.1. The fourth-order valence-electron chi connectivity index (χ4n) is 6.07. The van der Waals surface area contributed by atoms with E-state index >= 15 is 0 Å². The van der Waals surface area contributed by atoms with E-state index in [1.807, 2.05) is 19.1 Å². The zero-order valence-electron chi connectivity index (χ0n) is 22.7. The number of ether oxygens (including phenoxy) is 2. The molecule has 1 aliphatic heterocycles. The Hall–Kier alpha value is -3.74. The minimum absolute atomic E-state index is 0.0272. The minimum atomic E-state index is -1.11. The highest BCUT2D eigenvalue weighted by Crippen LogP contribution is 2.55. The van der Waals surface area contributed by atoms with E-state index < -0.39 is 11.9 Å². The van der Waals surface area contributed by atoms with Gasteiger partial charge in [0.15, 0.2) is 11.6 Å². The second-order valence-corrected chi connectivity index (χ2v) is 12.2. The van der Waals surface area contributed by atoms with Gasteiger partial charge in [0.2, 0.25) is 0 Å². The van der Waals surface area contributed by atoms with E-state index in [-0.39, 0.29) is 28.1 Å². The van der Waals surface area contributed by atoms with Crippen LogP contribution in [0.1, 0.15) is 80.9 Å². The molecule has 0 unspecified atom stereocenters. The number of rotatable bonds is 4. The third kappa shape index (κ3) is 4.44. The molecule has 0 spiro atoms. The molecule has 1 N–H and O–H groups in total. The van der Waals surface area contributed by atoms with Crippen molar-refractivity contribution in [2.75, 3.05) is 7.11 Å². The molecule has 0 saturated carbocycles. The molecule has 5 rings (SSSR count). The van der Waals surface area contributed by atoms with Crippen LogP contribution in [-0.4, -0.2) is 34.7 Å². The van der Waals surface area contributed by atoms with Gasteiger partial charge in [0.05, 0.1) is 18.7 Å². The molecule has 0 amide bonds. The minimum Gasteiger partial charge on any atom is -0.496 e. The number of Topliss-reactive ketones (excluding diaryl/α,β-unsaturated/α-hetero) is 2. The molecule has 0 atom stereocenters. The largest absolute Gasteiger partial charge is 0.496 e. The summed E-state index contributed by atoms with van der Waals surface area (Å²) in [5.41, 5.74) is 3.21. The van der Waals surface area contributed by atoms with Gasteiger partial charge in [-0.25, -0.2) is 9.78 Å². The van der Waals surface area contributed by atoms with Crippen molar-refractivity contribution in [3.05, 3.63) is 69.8 Å². The third-order valence-corrected chi connectivity index (χ3v) is 7.71. The molecule has 2 aromatic rings. The van der Waals surface area contributed by atoms with E-state index in [1.54, 1.807) is 19.2 Å². The van der Waals surface area contributed by atoms with Crippen LogP contribution in [0.25, 0.3) is 11.3 Å². The number of aromatic carboxylic acids is 1. The Balaban J connectivity index is 1.77. The van der Waals surface area contributed by atoms with Crippen LogP contribution in [0.5, 0.6) is 5.75 Å². The van der Waals surface area contributed by atoms with Crippen molar-refractivity contribution in [2.24, 2.45) is 10.8 Å². The zero-order valence-corrected chi connectivity index (χ0v) is 22.7. The maximum absolute atomic E-state index is 13.7. The van der Waals surface area contributed by atoms with Gasteiger partial charge in [-0.3, -0.25) is 9.59 Å². The SMILES string of the molecule is COc1cc(C)c(-c2cccc(C(=O)O)n2)cc1C1C2=C(CC(C)(C)CC2=O)OC2=C1C(=O)CC(C)(C)C2. The third-order valence-electron chi connectivity index (χ3n) is 7.71. The molecule has 7 heteroatoms. The lowest BCUT2D eigenvalue weighted by Gasteiger charge is -2.43. The number of methoxy groups -OCH3 is 1. The molecule has 0 fully saturated rings. The molecular weight excluding hydrogens is 482 g/mol. The monoisotopic (exact) mass is 515 g/mol. The highest BCUT2D eigenvalue weighted by atomic mass is 16.5. The van der Waals surface area contributed by atoms with Gasteiger partial charge in [0, 0.05) is 48.0 Å². The highest BCUT2D eigenvalue weighted by molar-refractivity contribution is 6.06. The Kier molecular flexibility index (Phi) is 6.08. The van der Waals surface area contributed by atoms with Crippen LogP contribution in [0.15, 0.2) is 53.0 Å². The summed E-state index contributed by atoms with van der Waals surface area (Å²) in [5, 5.41) is 9.48. The Bertz CT molecular complexity index is 1410. The van der Waals surface area contributed by atoms with E-state index in [1.165, 1.54) is 6.07 Å². The normalized spacial score (nSPS) is 20.6. The first-order valence-electron chi connectivity index (χ1n) is 12.9. The first kappa shape index (κ1) is 25.9. The van der Waals surface area contributed by atoms with E-state index in [9.17, 15) is 19.5 Å². The standard InChI is InChI=1S/C31H33NO6/c1-16-10-23(37-6)18(11-17(16)19-8-7-9-20(32-19)29(35)36)26-27-21(33)12-30(2,3)14-24(27)38-25-15-31(4,5)13-22(34)28(25)26/h7-11,26H,12-15H2,1-6H3,(H,35,36). The number of aromatic nitrogens is 1. The van der Waals surface area contributed by atoms with Crippen LogP contribution in [0, 0.1) is 17.8 Å². The maximum Gasteiger partial charge on any atom is 0.354 e. The van der Waals surface area contributed by atoms with Gasteiger partial charge >= 0.3 is 5.97 Å². The Morgan fingerprint density at radius 3 is 2.08 bits per heavy atom. The van der Waals surface area contributed by atoms with E-state index in [0.29, 0.717) is 70.9 Å². The summed E-state index contributed by atoms with van der Waals surface area (Å²) < 4.78 is 12.2. The first-order valence-corrected chi connectivity index (χ1v) is 12.9. The fourth-order valence-corrected chi connectivity index (χ4v) is 6.07. The average molecular weight is 516 g/mol. The number of carboxylic acid groups (broad SMARTS) is 1. The molecule has 2 heterocycles. The lowest BCUT2D eigenvalue weighted by molar-refractivity contribution is -0.120. The second-order valence-electron chi connectivity index (χ2n) is 12.2. The molecule has 1 aromatic heterocycles. The topological polar surface area (TPSA) is 103 Å². The predicted molar refractivity (Wildman–Crippen MR) is 142 cm³/mol. The van der Waals surface area contributed by atoms with Crippen molar-refractivity contribution < 1.29 is 29.0 Å². The summed E-state index contributed by atoms with van der Waals surface area (Å²) in [5.74, 6) is 0.0325. The Labute approximate surface area is 222 Å². The lowest BCUT2D eigenvalue weighted by atomic mass is 9.65. The van der Waals surface area contributed by atoms with Gasteiger partial charge in [0.1, 0.15) is 23.0 Å². The second kappa shape index (κ2) is 8.93. The maximum atomic E-state index is 13.7. The molecule has 2 aliphatic carbocycles. The number of carbonyl (C=O) groups is 3. The molecule has 0 saturated heterocycles. The van der Waals surface area contributed by atoms with Crippen molar-refractivity contribution in [1.29, 1.82) is 0 Å². The fraction of sp³-hybridized carbons (Fsp3) is 0.419. The Morgan fingerprint density at radius 1 is 0.974 bits per heavy atom. The van der Waals surface area contributed by atoms with Crippen LogP contribution >= 0.6 is 0 Å². The number of hydrogen-bond donors (Lipinski definition) is 1. The number of aryl methyl sites for hydroxylation is 1. The summed E-state index contributed by atoms with van der Waals surface area (Å²) in [6.07, 6.45) is 1.91. The number of carbonyl (C=O) groups excluding carboxylic acids is 2. The van der Waals surface area contributed by atoms with Crippen molar-refractivity contribution in [3.8, 4) is 17.0 Å². The van der Waals surface area contributed by atoms with Crippen LogP contribution in [0.2, 0.25) is 0 Å². The van der Waals surface area contributed by atoms with Crippen molar-refractivity contribution in [3.63, 3.8) is 0 Å². The number of carboxylic acids is 1. The molecule has 1 aromatic carbocycles. The van der Waals surface area contributed by atoms with E-state index in [0.717, 1.165) is 5.56 Å². The molecule has 7 nitrogen and oxygen atoms in total. The van der Waals surface area contributed by atoms with Gasteiger partial charge in [-0.15, -0.1) is 0 Å². The van der Waals surface area contributed by atoms with Crippen LogP contribution in [0.4, 0.5) is 0 Å². The predicted octanol–water partition coefficient (Wildman–Crippen LogP) is 6.16. The quantitative estimate of drug-likeness (QED) is 0.520. The molecule has 0 bridgehead atoms. The number of allylic oxidation sites excluding steroid dienone is 4. The average Bonchev–Trinajstić information content (AvgIpc) is 2.81. The number of hydrogen-bond acceptors (Lipinski definition) is 6. The van der Waals surface area contributed by atoms with Gasteiger partial charge in [-0.05, 0) is 47.6 Å². The lowest BCUT2D eigenvalue weighted by Crippen LogP contribution is -2.37. The molecule has 198 valence electrons. The smallest absolute Gasteiger partial charge is 0.354 e. The van der Waals surface area contributed by atoms with Crippen molar-refractivity contribution in [1.82, 2.24) is 4.98 Å². The van der Waals surface area contributed by atoms with Gasteiger partial charge in [-0.2, -0.15) is 0 Å². The van der Waals surface area contributed by atoms with Crippen molar-refractivity contribution >= 4 is 17.5 Å². The summed E-state index contributed by atoms with van der Waals surface area (Å²) in [7, 11) is 1.57. The van der Waals surface area contributed by atoms with Crippen molar-refractivity contribution in [2.45, 2.75) is 66.2 Å². The molecule has 3 aliphatic rings. The van der Waals surface area contributed by atoms with Gasteiger partial charge in [-0.1, -0.05) is 33.8 Å². The van der Waals surface area contributed by atoms with Crippen LogP contribution in [-0.2, 0) is 14.3 Å². The summed E-state index contributed by atoms with van der Waals surface area (Å²) in [4.78, 5) is 43.3. The molecule has 0 radical (unpaired) electrons. The van der Waals surface area contributed by atoms with E-state index in [4.69, 9.17) is 9.47 Å². The zero-order chi connectivity index (χ0) is 27.6. The number of pyridine rings is 1. The van der Waals surface area contributed by atoms with Gasteiger partial charge < -0.3 is 14.6 Å². The van der Waals surface area contributed by atoms with Gasteiger partial charge in [0.25, 0.3) is 0 Å². The number of nitrogens with zero attached hydrogens (tertiary/aromatic N) is 1. The number of ketones is 2. The first-order chi connectivity index (χ1) is 17.8. The Morgan fingerprint density at radius 2 is 1.55 bits per heavy atom. The van der Waals surface area contributed by atoms with E-state index in [2.05, 4.69) is 32.7 Å². The van der Waals surface area contributed by atoms with Crippen LogP contribution < -0.4 is 4.74 Å². The van der Waals surface area contributed by atoms with Crippen LogP contribution in [0.3, 0.4) is 0 Å². The highest BCUT2D eigenvalue weighted by Gasteiger charge is 2.48.